The summed E-state index contributed by atoms with van der Waals surface area (Å²) in [6, 6.07) is 2.06. The van der Waals surface area contributed by atoms with Gasteiger partial charge in [-0.15, -0.1) is 0 Å². The number of rotatable bonds is 7. The van der Waals surface area contributed by atoms with Crippen LogP contribution in [0.5, 0.6) is 0 Å². The second-order valence-corrected chi connectivity index (χ2v) is 7.58. The van der Waals surface area contributed by atoms with Crippen molar-refractivity contribution in [1.82, 2.24) is 34.7 Å². The van der Waals surface area contributed by atoms with Gasteiger partial charge in [0.25, 0.3) is 0 Å². The van der Waals surface area contributed by atoms with E-state index in [2.05, 4.69) is 30.8 Å². The SMILES string of the molecule is CCNc1nc(Nc2cc(C(C)(C)n3nccn3)nn2C2CC2)ncc1C(F)(F)F. The number of alkyl halides is 3. The fourth-order valence-electron chi connectivity index (χ4n) is 3.06. The van der Waals surface area contributed by atoms with E-state index in [0.29, 0.717) is 18.1 Å². The van der Waals surface area contributed by atoms with E-state index in [-0.39, 0.29) is 17.8 Å². The predicted molar refractivity (Wildman–Crippen MR) is 103 cm³/mol. The van der Waals surface area contributed by atoms with E-state index in [1.165, 1.54) is 0 Å². The average Bonchev–Trinajstić information content (AvgIpc) is 3.18. The van der Waals surface area contributed by atoms with Gasteiger partial charge in [0.1, 0.15) is 22.7 Å². The molecule has 0 saturated heterocycles. The van der Waals surface area contributed by atoms with E-state index in [1.54, 1.807) is 24.1 Å². The lowest BCUT2D eigenvalue weighted by Crippen LogP contribution is -2.30. The van der Waals surface area contributed by atoms with Crippen molar-refractivity contribution in [2.75, 3.05) is 17.2 Å². The number of nitrogens with zero attached hydrogens (tertiary/aromatic N) is 7. The Kier molecular flexibility index (Phi) is 4.86. The molecule has 0 bridgehead atoms. The molecule has 1 aliphatic carbocycles. The lowest BCUT2D eigenvalue weighted by Gasteiger charge is -2.20. The van der Waals surface area contributed by atoms with Gasteiger partial charge in [-0.1, -0.05) is 0 Å². The van der Waals surface area contributed by atoms with Gasteiger partial charge in [0.05, 0.1) is 24.1 Å². The zero-order valence-electron chi connectivity index (χ0n) is 16.8. The Morgan fingerprint density at radius 2 is 1.87 bits per heavy atom. The Hall–Kier alpha value is -3.18. The second-order valence-electron chi connectivity index (χ2n) is 7.58. The standard InChI is InChI=1S/C18H22F3N9/c1-4-22-15-12(18(19,20)21)10-23-16(27-15)26-14-9-13(28-29(14)11-5-6-11)17(2,3)30-24-7-8-25-30/h7-11H,4-6H2,1-3H3,(H2,22,23,26,27). The van der Waals surface area contributed by atoms with Crippen LogP contribution in [0.1, 0.15) is 50.9 Å². The average molecular weight is 421 g/mol. The van der Waals surface area contributed by atoms with Crippen molar-refractivity contribution in [3.05, 3.63) is 35.9 Å². The van der Waals surface area contributed by atoms with Gasteiger partial charge in [-0.05, 0) is 33.6 Å². The van der Waals surface area contributed by atoms with Gasteiger partial charge < -0.3 is 10.6 Å². The van der Waals surface area contributed by atoms with Crippen LogP contribution in [-0.2, 0) is 11.7 Å². The first-order chi connectivity index (χ1) is 14.2. The van der Waals surface area contributed by atoms with Crippen molar-refractivity contribution in [3.63, 3.8) is 0 Å². The Balaban J connectivity index is 1.68. The van der Waals surface area contributed by atoms with Crippen LogP contribution < -0.4 is 10.6 Å². The van der Waals surface area contributed by atoms with Gasteiger partial charge in [-0.3, -0.25) is 0 Å². The normalized spacial score (nSPS) is 14.7. The molecule has 3 heterocycles. The van der Waals surface area contributed by atoms with Gasteiger partial charge in [-0.2, -0.15) is 38.2 Å². The first-order valence-electron chi connectivity index (χ1n) is 9.62. The lowest BCUT2D eigenvalue weighted by molar-refractivity contribution is -0.137. The molecule has 0 spiro atoms. The van der Waals surface area contributed by atoms with Crippen molar-refractivity contribution >= 4 is 17.6 Å². The number of anilines is 3. The van der Waals surface area contributed by atoms with E-state index in [1.807, 2.05) is 24.6 Å². The maximum atomic E-state index is 13.2. The highest BCUT2D eigenvalue weighted by Crippen LogP contribution is 2.39. The molecule has 160 valence electrons. The van der Waals surface area contributed by atoms with Crippen LogP contribution in [0.4, 0.5) is 30.8 Å². The van der Waals surface area contributed by atoms with E-state index in [9.17, 15) is 13.2 Å². The van der Waals surface area contributed by atoms with E-state index in [0.717, 1.165) is 19.0 Å². The van der Waals surface area contributed by atoms with E-state index in [4.69, 9.17) is 5.10 Å². The smallest absolute Gasteiger partial charge is 0.370 e. The zero-order valence-corrected chi connectivity index (χ0v) is 16.8. The predicted octanol–water partition coefficient (Wildman–Crippen LogP) is 3.58. The molecule has 0 amide bonds. The fourth-order valence-corrected chi connectivity index (χ4v) is 3.06. The second kappa shape index (κ2) is 7.26. The summed E-state index contributed by atoms with van der Waals surface area (Å²) in [5, 5.41) is 18.8. The highest BCUT2D eigenvalue weighted by atomic mass is 19.4. The molecular formula is C18H22F3N9. The van der Waals surface area contributed by atoms with Gasteiger partial charge in [0.15, 0.2) is 0 Å². The summed E-state index contributed by atoms with van der Waals surface area (Å²) in [6.45, 7) is 5.88. The Bertz CT molecular complexity index is 1020. The van der Waals surface area contributed by atoms with Crippen molar-refractivity contribution in [2.45, 2.75) is 51.4 Å². The van der Waals surface area contributed by atoms with E-state index < -0.39 is 17.3 Å². The molecular weight excluding hydrogens is 399 g/mol. The van der Waals surface area contributed by atoms with E-state index >= 15 is 0 Å². The molecule has 12 heteroatoms. The van der Waals surface area contributed by atoms with Crippen molar-refractivity contribution in [3.8, 4) is 0 Å². The van der Waals surface area contributed by atoms with Crippen LogP contribution in [0.15, 0.2) is 24.7 Å². The minimum Gasteiger partial charge on any atom is -0.370 e. The summed E-state index contributed by atoms with van der Waals surface area (Å²) in [5.74, 6) is 0.401. The molecule has 3 aromatic rings. The molecule has 9 nitrogen and oxygen atoms in total. The molecule has 2 N–H and O–H groups in total. The van der Waals surface area contributed by atoms with Gasteiger partial charge in [-0.25, -0.2) is 9.67 Å². The third-order valence-electron chi connectivity index (χ3n) is 4.85. The van der Waals surface area contributed by atoms with Crippen LogP contribution in [0.25, 0.3) is 0 Å². The van der Waals surface area contributed by atoms with Crippen molar-refractivity contribution < 1.29 is 13.2 Å². The molecule has 0 aliphatic heterocycles. The summed E-state index contributed by atoms with van der Waals surface area (Å²) in [6.07, 6.45) is 1.39. The minimum atomic E-state index is -4.54. The molecule has 0 aromatic carbocycles. The largest absolute Gasteiger partial charge is 0.421 e. The minimum absolute atomic E-state index is 0.0577. The highest BCUT2D eigenvalue weighted by molar-refractivity contribution is 5.55. The molecule has 3 aromatic heterocycles. The van der Waals surface area contributed by atoms with Crippen LogP contribution in [0.3, 0.4) is 0 Å². The summed E-state index contributed by atoms with van der Waals surface area (Å²) in [5.41, 5.74) is -0.806. The third-order valence-corrected chi connectivity index (χ3v) is 4.85. The Morgan fingerprint density at radius 1 is 1.17 bits per heavy atom. The van der Waals surface area contributed by atoms with Crippen LogP contribution >= 0.6 is 0 Å². The maximum absolute atomic E-state index is 13.2. The number of aromatic nitrogens is 7. The first kappa shape index (κ1) is 20.1. The van der Waals surface area contributed by atoms with Crippen LogP contribution in [0.2, 0.25) is 0 Å². The quantitative estimate of drug-likeness (QED) is 0.602. The summed E-state index contributed by atoms with van der Waals surface area (Å²) in [7, 11) is 0. The number of hydrogen-bond donors (Lipinski definition) is 2. The lowest BCUT2D eigenvalue weighted by atomic mass is 10.0. The summed E-state index contributed by atoms with van der Waals surface area (Å²) < 4.78 is 41.5. The number of halogens is 3. The molecule has 0 radical (unpaired) electrons. The van der Waals surface area contributed by atoms with Crippen LogP contribution in [0, 0.1) is 0 Å². The van der Waals surface area contributed by atoms with Crippen molar-refractivity contribution in [1.29, 1.82) is 0 Å². The summed E-state index contributed by atoms with van der Waals surface area (Å²) >= 11 is 0. The highest BCUT2D eigenvalue weighted by Gasteiger charge is 2.36. The zero-order chi connectivity index (χ0) is 21.5. The Labute approximate surface area is 170 Å². The Morgan fingerprint density at radius 3 is 2.47 bits per heavy atom. The van der Waals surface area contributed by atoms with Gasteiger partial charge in [0, 0.05) is 18.8 Å². The maximum Gasteiger partial charge on any atom is 0.421 e. The first-order valence-corrected chi connectivity index (χ1v) is 9.62. The van der Waals surface area contributed by atoms with Gasteiger partial charge in [0.2, 0.25) is 5.95 Å². The molecule has 30 heavy (non-hydrogen) atoms. The molecule has 1 aliphatic rings. The number of hydrogen-bond acceptors (Lipinski definition) is 7. The molecule has 0 atom stereocenters. The fraction of sp³-hybridized carbons (Fsp3) is 0.500. The number of nitrogens with one attached hydrogen (secondary N) is 2. The third kappa shape index (κ3) is 3.81. The summed E-state index contributed by atoms with van der Waals surface area (Å²) in [4.78, 5) is 9.48. The molecule has 1 fully saturated rings. The van der Waals surface area contributed by atoms with Crippen LogP contribution in [-0.4, -0.2) is 41.3 Å². The van der Waals surface area contributed by atoms with Crippen molar-refractivity contribution in [2.24, 2.45) is 0 Å². The van der Waals surface area contributed by atoms with Gasteiger partial charge >= 0.3 is 6.18 Å². The molecule has 1 saturated carbocycles. The topological polar surface area (TPSA) is 98.4 Å². The molecule has 0 unspecified atom stereocenters. The monoisotopic (exact) mass is 421 g/mol. The molecule has 4 rings (SSSR count).